The Bertz CT molecular complexity index is 662. The smallest absolute Gasteiger partial charge is 0.257 e. The van der Waals surface area contributed by atoms with Crippen LogP contribution in [0.3, 0.4) is 0 Å². The van der Waals surface area contributed by atoms with E-state index in [0.717, 1.165) is 5.56 Å². The number of nitrogens with two attached hydrogens (primary N) is 1. The van der Waals surface area contributed by atoms with Crippen LogP contribution in [0.15, 0.2) is 53.3 Å². The Morgan fingerprint density at radius 3 is 2.30 bits per heavy atom. The number of benzene rings is 1. The van der Waals surface area contributed by atoms with Gasteiger partial charge in [-0.3, -0.25) is 14.5 Å². The maximum absolute atomic E-state index is 12.3. The van der Waals surface area contributed by atoms with E-state index < -0.39 is 6.04 Å². The average molecular weight is 313 g/mol. The number of hydrogen-bond donors (Lipinski definition) is 1. The highest BCUT2D eigenvalue weighted by Crippen LogP contribution is 2.22. The van der Waals surface area contributed by atoms with Crippen LogP contribution in [0.4, 0.5) is 0 Å². The molecule has 1 fully saturated rings. The van der Waals surface area contributed by atoms with Gasteiger partial charge < -0.3 is 15.1 Å². The van der Waals surface area contributed by atoms with Crippen molar-refractivity contribution in [2.75, 3.05) is 26.2 Å². The molecule has 6 nitrogen and oxygen atoms in total. The molecule has 0 aliphatic carbocycles. The minimum absolute atomic E-state index is 0.0475. The number of hydrogen-bond acceptors (Lipinski definition) is 4. The van der Waals surface area contributed by atoms with Crippen molar-refractivity contribution >= 4 is 11.8 Å². The predicted octanol–water partition coefficient (Wildman–Crippen LogP) is 1.26. The van der Waals surface area contributed by atoms with Crippen LogP contribution in [0.2, 0.25) is 0 Å². The van der Waals surface area contributed by atoms with Crippen molar-refractivity contribution in [3.05, 3.63) is 60.1 Å². The van der Waals surface area contributed by atoms with Crippen molar-refractivity contribution in [2.45, 2.75) is 6.04 Å². The second-order valence-electron chi connectivity index (χ2n) is 5.56. The van der Waals surface area contributed by atoms with Crippen LogP contribution in [-0.4, -0.2) is 47.8 Å². The summed E-state index contributed by atoms with van der Waals surface area (Å²) < 4.78 is 4.96. The van der Waals surface area contributed by atoms with E-state index in [4.69, 9.17) is 10.2 Å². The number of furan rings is 1. The molecule has 1 aromatic carbocycles. The third kappa shape index (κ3) is 3.27. The molecular formula is C17H19N3O3. The van der Waals surface area contributed by atoms with Crippen molar-refractivity contribution in [1.82, 2.24) is 9.80 Å². The lowest BCUT2D eigenvalue weighted by Crippen LogP contribution is -2.51. The Balaban J connectivity index is 1.67. The van der Waals surface area contributed by atoms with Crippen molar-refractivity contribution in [3.63, 3.8) is 0 Å². The Morgan fingerprint density at radius 1 is 1.04 bits per heavy atom. The van der Waals surface area contributed by atoms with Gasteiger partial charge >= 0.3 is 0 Å². The number of carbonyl (C=O) groups excluding carboxylic acids is 2. The fraction of sp³-hybridized carbons (Fsp3) is 0.294. The molecule has 0 saturated carbocycles. The summed E-state index contributed by atoms with van der Waals surface area (Å²) in [5.41, 5.74) is 7.03. The van der Waals surface area contributed by atoms with Gasteiger partial charge in [0.1, 0.15) is 12.3 Å². The van der Waals surface area contributed by atoms with Gasteiger partial charge in [-0.25, -0.2) is 0 Å². The minimum Gasteiger partial charge on any atom is -0.472 e. The molecule has 1 aliphatic rings. The highest BCUT2D eigenvalue weighted by atomic mass is 16.3. The van der Waals surface area contributed by atoms with Gasteiger partial charge in [0.05, 0.1) is 11.8 Å². The predicted molar refractivity (Wildman–Crippen MR) is 84.6 cm³/mol. The molecule has 120 valence electrons. The molecule has 1 aliphatic heterocycles. The van der Waals surface area contributed by atoms with Crippen LogP contribution in [0.5, 0.6) is 0 Å². The largest absolute Gasteiger partial charge is 0.472 e. The fourth-order valence-corrected chi connectivity index (χ4v) is 2.94. The van der Waals surface area contributed by atoms with Crippen LogP contribution in [0, 0.1) is 0 Å². The molecule has 1 saturated heterocycles. The van der Waals surface area contributed by atoms with E-state index in [1.54, 1.807) is 11.0 Å². The van der Waals surface area contributed by atoms with Crippen molar-refractivity contribution in [2.24, 2.45) is 5.73 Å². The number of piperazine rings is 1. The van der Waals surface area contributed by atoms with Gasteiger partial charge in [0.25, 0.3) is 5.91 Å². The van der Waals surface area contributed by atoms with Crippen LogP contribution in [0.1, 0.15) is 22.0 Å². The summed E-state index contributed by atoms with van der Waals surface area (Å²) in [6.45, 7) is 2.32. The molecule has 0 spiro atoms. The molecule has 0 bridgehead atoms. The average Bonchev–Trinajstić information content (AvgIpc) is 3.10. The summed E-state index contributed by atoms with van der Waals surface area (Å²) in [7, 11) is 0. The third-order valence-corrected chi connectivity index (χ3v) is 4.12. The number of carbonyl (C=O) groups is 2. The lowest BCUT2D eigenvalue weighted by molar-refractivity contribution is -0.124. The zero-order valence-electron chi connectivity index (χ0n) is 12.7. The number of rotatable bonds is 4. The maximum Gasteiger partial charge on any atom is 0.257 e. The zero-order chi connectivity index (χ0) is 16.2. The van der Waals surface area contributed by atoms with Gasteiger partial charge in [-0.2, -0.15) is 0 Å². The molecule has 0 unspecified atom stereocenters. The summed E-state index contributed by atoms with van der Waals surface area (Å²) >= 11 is 0. The SMILES string of the molecule is NC(=O)[C@@H](c1ccccc1)N1CCN(C(=O)c2ccoc2)CC1. The standard InChI is InChI=1S/C17H19N3O3/c18-16(21)15(13-4-2-1-3-5-13)19-7-9-20(10-8-19)17(22)14-6-11-23-12-14/h1-6,11-12,15H,7-10H2,(H2,18,21)/t15-/m1/s1. The Kier molecular flexibility index (Phi) is 4.43. The number of nitrogens with zero attached hydrogens (tertiary/aromatic N) is 2. The maximum atomic E-state index is 12.3. The number of primary amides is 1. The van der Waals surface area contributed by atoms with E-state index in [9.17, 15) is 9.59 Å². The molecular weight excluding hydrogens is 294 g/mol. The van der Waals surface area contributed by atoms with Crippen LogP contribution < -0.4 is 5.73 Å². The lowest BCUT2D eigenvalue weighted by Gasteiger charge is -2.38. The first-order valence-corrected chi connectivity index (χ1v) is 7.56. The Hall–Kier alpha value is -2.60. The molecule has 2 N–H and O–H groups in total. The zero-order valence-corrected chi connectivity index (χ0v) is 12.7. The summed E-state index contributed by atoms with van der Waals surface area (Å²) in [6, 6.07) is 10.7. The molecule has 0 radical (unpaired) electrons. The summed E-state index contributed by atoms with van der Waals surface area (Å²) in [5.74, 6) is -0.417. The summed E-state index contributed by atoms with van der Waals surface area (Å²) in [5, 5.41) is 0. The molecule has 1 aromatic heterocycles. The van der Waals surface area contributed by atoms with Gasteiger partial charge in [0, 0.05) is 26.2 Å². The van der Waals surface area contributed by atoms with E-state index in [0.29, 0.717) is 31.7 Å². The van der Waals surface area contributed by atoms with E-state index in [1.165, 1.54) is 12.5 Å². The Morgan fingerprint density at radius 2 is 1.74 bits per heavy atom. The van der Waals surface area contributed by atoms with E-state index in [2.05, 4.69) is 0 Å². The van der Waals surface area contributed by atoms with Crippen molar-refractivity contribution in [1.29, 1.82) is 0 Å². The molecule has 3 rings (SSSR count). The monoisotopic (exact) mass is 313 g/mol. The molecule has 6 heteroatoms. The first-order chi connectivity index (χ1) is 11.2. The summed E-state index contributed by atoms with van der Waals surface area (Å²) in [6.07, 6.45) is 2.94. The van der Waals surface area contributed by atoms with E-state index in [-0.39, 0.29) is 11.8 Å². The molecule has 2 amide bonds. The van der Waals surface area contributed by atoms with E-state index in [1.807, 2.05) is 35.2 Å². The highest BCUT2D eigenvalue weighted by molar-refractivity contribution is 5.93. The van der Waals surface area contributed by atoms with Gasteiger partial charge in [0.2, 0.25) is 5.91 Å². The normalized spacial score (nSPS) is 17.0. The van der Waals surface area contributed by atoms with Gasteiger partial charge in [-0.15, -0.1) is 0 Å². The molecule has 23 heavy (non-hydrogen) atoms. The second-order valence-corrected chi connectivity index (χ2v) is 5.56. The molecule has 1 atom stereocenters. The quantitative estimate of drug-likeness (QED) is 0.921. The van der Waals surface area contributed by atoms with Gasteiger partial charge in [-0.05, 0) is 11.6 Å². The number of amides is 2. The van der Waals surface area contributed by atoms with Crippen LogP contribution in [-0.2, 0) is 4.79 Å². The minimum atomic E-state index is -0.456. The third-order valence-electron chi connectivity index (χ3n) is 4.12. The summed E-state index contributed by atoms with van der Waals surface area (Å²) in [4.78, 5) is 28.0. The van der Waals surface area contributed by atoms with Crippen LogP contribution in [0.25, 0.3) is 0 Å². The van der Waals surface area contributed by atoms with E-state index >= 15 is 0 Å². The molecule has 2 aromatic rings. The Labute approximate surface area is 134 Å². The first kappa shape index (κ1) is 15.3. The molecule has 2 heterocycles. The van der Waals surface area contributed by atoms with Crippen molar-refractivity contribution in [3.8, 4) is 0 Å². The van der Waals surface area contributed by atoms with Crippen LogP contribution >= 0.6 is 0 Å². The first-order valence-electron chi connectivity index (χ1n) is 7.56. The fourth-order valence-electron chi connectivity index (χ4n) is 2.94. The van der Waals surface area contributed by atoms with Crippen molar-refractivity contribution < 1.29 is 14.0 Å². The van der Waals surface area contributed by atoms with Gasteiger partial charge in [0.15, 0.2) is 0 Å². The topological polar surface area (TPSA) is 79.8 Å². The second kappa shape index (κ2) is 6.66. The highest BCUT2D eigenvalue weighted by Gasteiger charge is 2.30. The lowest BCUT2D eigenvalue weighted by atomic mass is 10.0. The van der Waals surface area contributed by atoms with Gasteiger partial charge in [-0.1, -0.05) is 30.3 Å².